The Bertz CT molecular complexity index is 654. The largest absolute Gasteiger partial charge is 0.335 e. The summed E-state index contributed by atoms with van der Waals surface area (Å²) in [6.45, 7) is 6.23. The molecular weight excluding hydrogens is 288 g/mol. The minimum Gasteiger partial charge on any atom is -0.335 e. The standard InChI is InChI=1S/C18H22N4O/c1-13(2)17-20-10-15(11-21-17)18(23)22-9-8-19-16(12-22)14-6-4-3-5-7-14/h3-7,10-11,13,16,19H,8-9,12H2,1-2H3/t16-/m0/s1. The van der Waals surface area contributed by atoms with Crippen molar-refractivity contribution >= 4 is 5.91 Å². The smallest absolute Gasteiger partial charge is 0.257 e. The van der Waals surface area contributed by atoms with Crippen LogP contribution in [0.15, 0.2) is 42.7 Å². The zero-order valence-electron chi connectivity index (χ0n) is 13.6. The number of carbonyl (C=O) groups excluding carboxylic acids is 1. The lowest BCUT2D eigenvalue weighted by Crippen LogP contribution is -2.48. The molecule has 1 atom stereocenters. The summed E-state index contributed by atoms with van der Waals surface area (Å²) in [5.41, 5.74) is 1.76. The van der Waals surface area contributed by atoms with Crippen LogP contribution in [0.2, 0.25) is 0 Å². The molecule has 1 aliphatic heterocycles. The number of benzene rings is 1. The Hall–Kier alpha value is -2.27. The van der Waals surface area contributed by atoms with Gasteiger partial charge in [0.15, 0.2) is 0 Å². The quantitative estimate of drug-likeness (QED) is 0.945. The van der Waals surface area contributed by atoms with Crippen molar-refractivity contribution in [2.75, 3.05) is 19.6 Å². The van der Waals surface area contributed by atoms with E-state index in [0.29, 0.717) is 18.7 Å². The molecule has 1 fully saturated rings. The van der Waals surface area contributed by atoms with E-state index in [1.807, 2.05) is 36.9 Å². The molecule has 5 heteroatoms. The van der Waals surface area contributed by atoms with Gasteiger partial charge in [-0.25, -0.2) is 9.97 Å². The van der Waals surface area contributed by atoms with Gasteiger partial charge in [0.1, 0.15) is 5.82 Å². The van der Waals surface area contributed by atoms with E-state index in [-0.39, 0.29) is 17.9 Å². The number of hydrogen-bond donors (Lipinski definition) is 1. The second-order valence-electron chi connectivity index (χ2n) is 6.15. The topological polar surface area (TPSA) is 58.1 Å². The summed E-state index contributed by atoms with van der Waals surface area (Å²) in [5.74, 6) is 1.03. The van der Waals surface area contributed by atoms with Crippen LogP contribution in [0, 0.1) is 0 Å². The van der Waals surface area contributed by atoms with Crippen LogP contribution in [-0.2, 0) is 0 Å². The Balaban J connectivity index is 1.72. The first-order valence-electron chi connectivity index (χ1n) is 8.04. The molecule has 0 spiro atoms. The van der Waals surface area contributed by atoms with Gasteiger partial charge < -0.3 is 10.2 Å². The Morgan fingerprint density at radius 3 is 2.57 bits per heavy atom. The highest BCUT2D eigenvalue weighted by Crippen LogP contribution is 2.18. The van der Waals surface area contributed by atoms with Crippen LogP contribution in [0.25, 0.3) is 0 Å². The van der Waals surface area contributed by atoms with Gasteiger partial charge in [0.2, 0.25) is 0 Å². The zero-order valence-corrected chi connectivity index (χ0v) is 13.6. The molecule has 1 aliphatic rings. The Morgan fingerprint density at radius 2 is 1.91 bits per heavy atom. The van der Waals surface area contributed by atoms with Crippen LogP contribution in [0.5, 0.6) is 0 Å². The Morgan fingerprint density at radius 1 is 1.22 bits per heavy atom. The van der Waals surface area contributed by atoms with Gasteiger partial charge in [0, 0.05) is 44.0 Å². The van der Waals surface area contributed by atoms with E-state index in [9.17, 15) is 4.79 Å². The summed E-state index contributed by atoms with van der Waals surface area (Å²) in [6, 6.07) is 10.4. The van der Waals surface area contributed by atoms with Crippen molar-refractivity contribution in [2.24, 2.45) is 0 Å². The summed E-state index contributed by atoms with van der Waals surface area (Å²) in [4.78, 5) is 23.1. The number of nitrogens with one attached hydrogen (secondary N) is 1. The van der Waals surface area contributed by atoms with Crippen molar-refractivity contribution in [2.45, 2.75) is 25.8 Å². The SMILES string of the molecule is CC(C)c1ncc(C(=O)N2CCN[C@H](c3ccccc3)C2)cn1. The highest BCUT2D eigenvalue weighted by Gasteiger charge is 2.25. The summed E-state index contributed by atoms with van der Waals surface area (Å²) in [7, 11) is 0. The monoisotopic (exact) mass is 310 g/mol. The highest BCUT2D eigenvalue weighted by molar-refractivity contribution is 5.93. The lowest BCUT2D eigenvalue weighted by molar-refractivity contribution is 0.0702. The van der Waals surface area contributed by atoms with Crippen molar-refractivity contribution in [1.82, 2.24) is 20.2 Å². The Labute approximate surface area is 136 Å². The van der Waals surface area contributed by atoms with Gasteiger partial charge in [0.25, 0.3) is 5.91 Å². The number of aromatic nitrogens is 2. The van der Waals surface area contributed by atoms with Gasteiger partial charge in [-0.2, -0.15) is 0 Å². The molecule has 1 saturated heterocycles. The summed E-state index contributed by atoms with van der Waals surface area (Å²) >= 11 is 0. The first kappa shape index (κ1) is 15.6. The van der Waals surface area contributed by atoms with Crippen LogP contribution in [0.3, 0.4) is 0 Å². The van der Waals surface area contributed by atoms with Gasteiger partial charge in [-0.3, -0.25) is 4.79 Å². The number of carbonyl (C=O) groups is 1. The molecule has 1 aromatic heterocycles. The average Bonchev–Trinajstić information content (AvgIpc) is 2.62. The van der Waals surface area contributed by atoms with Gasteiger partial charge in [-0.15, -0.1) is 0 Å². The molecule has 3 rings (SSSR count). The van der Waals surface area contributed by atoms with Crippen LogP contribution in [-0.4, -0.2) is 40.4 Å². The van der Waals surface area contributed by atoms with E-state index in [4.69, 9.17) is 0 Å². The third kappa shape index (κ3) is 3.56. The molecule has 0 aliphatic carbocycles. The second-order valence-corrected chi connectivity index (χ2v) is 6.15. The van der Waals surface area contributed by atoms with E-state index < -0.39 is 0 Å². The normalized spacial score (nSPS) is 18.2. The third-order valence-corrected chi connectivity index (χ3v) is 4.10. The fraction of sp³-hybridized carbons (Fsp3) is 0.389. The van der Waals surface area contributed by atoms with Crippen molar-refractivity contribution in [3.05, 3.63) is 59.7 Å². The van der Waals surface area contributed by atoms with Crippen molar-refractivity contribution < 1.29 is 4.79 Å². The van der Waals surface area contributed by atoms with Crippen molar-refractivity contribution in [3.8, 4) is 0 Å². The molecule has 0 unspecified atom stereocenters. The Kier molecular flexibility index (Phi) is 4.67. The molecule has 120 valence electrons. The first-order chi connectivity index (χ1) is 11.1. The lowest BCUT2D eigenvalue weighted by Gasteiger charge is -2.34. The van der Waals surface area contributed by atoms with E-state index >= 15 is 0 Å². The average molecular weight is 310 g/mol. The maximum Gasteiger partial charge on any atom is 0.257 e. The second kappa shape index (κ2) is 6.87. The number of rotatable bonds is 3. The number of hydrogen-bond acceptors (Lipinski definition) is 4. The maximum absolute atomic E-state index is 12.7. The van der Waals surface area contributed by atoms with E-state index in [2.05, 4.69) is 27.4 Å². The molecule has 5 nitrogen and oxygen atoms in total. The van der Waals surface area contributed by atoms with E-state index in [0.717, 1.165) is 12.4 Å². The zero-order chi connectivity index (χ0) is 16.2. The van der Waals surface area contributed by atoms with Gasteiger partial charge >= 0.3 is 0 Å². The van der Waals surface area contributed by atoms with Gasteiger partial charge in [-0.1, -0.05) is 44.2 Å². The lowest BCUT2D eigenvalue weighted by atomic mass is 10.0. The summed E-state index contributed by atoms with van der Waals surface area (Å²) in [6.07, 6.45) is 3.29. The molecule has 1 amide bonds. The van der Waals surface area contributed by atoms with E-state index in [1.54, 1.807) is 12.4 Å². The fourth-order valence-corrected chi connectivity index (χ4v) is 2.77. The van der Waals surface area contributed by atoms with Crippen LogP contribution in [0.1, 0.15) is 47.6 Å². The summed E-state index contributed by atoms with van der Waals surface area (Å²) < 4.78 is 0. The van der Waals surface area contributed by atoms with Crippen LogP contribution in [0.4, 0.5) is 0 Å². The molecule has 0 saturated carbocycles. The van der Waals surface area contributed by atoms with Crippen molar-refractivity contribution in [3.63, 3.8) is 0 Å². The molecule has 0 bridgehead atoms. The van der Waals surface area contributed by atoms with E-state index in [1.165, 1.54) is 5.56 Å². The van der Waals surface area contributed by atoms with Crippen molar-refractivity contribution in [1.29, 1.82) is 0 Å². The van der Waals surface area contributed by atoms with Crippen LogP contribution < -0.4 is 5.32 Å². The molecule has 23 heavy (non-hydrogen) atoms. The molecule has 2 aromatic rings. The number of nitrogens with zero attached hydrogens (tertiary/aromatic N) is 3. The number of piperazine rings is 1. The molecule has 1 N–H and O–H groups in total. The molecule has 2 heterocycles. The highest BCUT2D eigenvalue weighted by atomic mass is 16.2. The predicted molar refractivity (Wildman–Crippen MR) is 89.2 cm³/mol. The predicted octanol–water partition coefficient (Wildman–Crippen LogP) is 2.39. The third-order valence-electron chi connectivity index (χ3n) is 4.10. The van der Waals surface area contributed by atoms with Gasteiger partial charge in [-0.05, 0) is 5.56 Å². The molecule has 1 aromatic carbocycles. The van der Waals surface area contributed by atoms with Crippen LogP contribution >= 0.6 is 0 Å². The molecular formula is C18H22N4O. The van der Waals surface area contributed by atoms with Gasteiger partial charge in [0.05, 0.1) is 5.56 Å². The first-order valence-corrected chi connectivity index (χ1v) is 8.04. The fourth-order valence-electron chi connectivity index (χ4n) is 2.77. The minimum absolute atomic E-state index is 0.00253. The number of amides is 1. The summed E-state index contributed by atoms with van der Waals surface area (Å²) in [5, 5.41) is 3.47. The molecule has 0 radical (unpaired) electrons. The minimum atomic E-state index is 0.00253. The maximum atomic E-state index is 12.7.